The Morgan fingerprint density at radius 3 is 2.63 bits per heavy atom. The van der Waals surface area contributed by atoms with E-state index in [0.717, 1.165) is 25.8 Å². The van der Waals surface area contributed by atoms with Crippen molar-refractivity contribution in [1.29, 1.82) is 0 Å². The smallest absolute Gasteiger partial charge is 0.323 e. The summed E-state index contributed by atoms with van der Waals surface area (Å²) < 4.78 is 5.23. The number of hydrogen-bond acceptors (Lipinski definition) is 4. The van der Waals surface area contributed by atoms with E-state index in [2.05, 4.69) is 18.9 Å². The van der Waals surface area contributed by atoms with E-state index in [0.29, 0.717) is 18.6 Å². The van der Waals surface area contributed by atoms with Crippen molar-refractivity contribution in [2.45, 2.75) is 64.5 Å². The number of likely N-dealkylation sites (N-methyl/N-ethyl adjacent to an activating group) is 1. The molecule has 0 aromatic heterocycles. The fraction of sp³-hybridized carbons (Fsp3) is 0.933. The molecule has 1 rings (SSSR count). The van der Waals surface area contributed by atoms with E-state index in [4.69, 9.17) is 10.5 Å². The van der Waals surface area contributed by atoms with Gasteiger partial charge in [-0.2, -0.15) is 0 Å². The fourth-order valence-electron chi connectivity index (χ4n) is 3.23. The Kier molecular flexibility index (Phi) is 7.39. The van der Waals surface area contributed by atoms with Crippen LogP contribution < -0.4 is 5.73 Å². The Bertz CT molecular complexity index is 271. The Balaban J connectivity index is 2.73. The lowest BCUT2D eigenvalue weighted by atomic mass is 9.83. The standard InChI is InChI=1S/C15H30N2O2/c1-4-8-14(15(18)19-5-2)17(3)13-10-7-6-9-12(13)11-16/h12-14H,4-11,16H2,1-3H3. The summed E-state index contributed by atoms with van der Waals surface area (Å²) in [7, 11) is 2.07. The number of esters is 1. The zero-order chi connectivity index (χ0) is 14.3. The first kappa shape index (κ1) is 16.4. The lowest BCUT2D eigenvalue weighted by molar-refractivity contribution is -0.151. The van der Waals surface area contributed by atoms with Gasteiger partial charge in [0, 0.05) is 6.04 Å². The summed E-state index contributed by atoms with van der Waals surface area (Å²) in [6.07, 6.45) is 6.71. The molecule has 19 heavy (non-hydrogen) atoms. The highest BCUT2D eigenvalue weighted by molar-refractivity contribution is 5.75. The monoisotopic (exact) mass is 270 g/mol. The Hall–Kier alpha value is -0.610. The third-order valence-electron chi connectivity index (χ3n) is 4.31. The highest BCUT2D eigenvalue weighted by Gasteiger charge is 2.34. The minimum atomic E-state index is -0.109. The molecule has 4 nitrogen and oxygen atoms in total. The van der Waals surface area contributed by atoms with Crippen LogP contribution >= 0.6 is 0 Å². The number of hydrogen-bond donors (Lipinski definition) is 1. The molecule has 0 saturated heterocycles. The van der Waals surface area contributed by atoms with Crippen LogP contribution in [0, 0.1) is 5.92 Å². The SMILES string of the molecule is CCCC(C(=O)OCC)N(C)C1CCCCC1CN. The van der Waals surface area contributed by atoms with E-state index in [1.165, 1.54) is 19.3 Å². The molecule has 0 amide bonds. The van der Waals surface area contributed by atoms with Crippen LogP contribution in [0.1, 0.15) is 52.4 Å². The third kappa shape index (κ3) is 4.46. The van der Waals surface area contributed by atoms with Crippen molar-refractivity contribution in [3.8, 4) is 0 Å². The highest BCUT2D eigenvalue weighted by Crippen LogP contribution is 2.29. The van der Waals surface area contributed by atoms with E-state index in [1.54, 1.807) is 0 Å². The molecule has 0 bridgehead atoms. The van der Waals surface area contributed by atoms with Gasteiger partial charge in [0.25, 0.3) is 0 Å². The quantitative estimate of drug-likeness (QED) is 0.720. The molecule has 0 aliphatic heterocycles. The summed E-state index contributed by atoms with van der Waals surface area (Å²) in [6, 6.07) is 0.321. The van der Waals surface area contributed by atoms with Gasteiger partial charge in [-0.3, -0.25) is 9.69 Å². The number of carbonyl (C=O) groups is 1. The first-order valence-corrected chi connectivity index (χ1v) is 7.74. The second-order valence-electron chi connectivity index (χ2n) is 5.57. The zero-order valence-corrected chi connectivity index (χ0v) is 12.7. The van der Waals surface area contributed by atoms with Gasteiger partial charge in [0.1, 0.15) is 6.04 Å². The van der Waals surface area contributed by atoms with Crippen molar-refractivity contribution in [2.24, 2.45) is 11.7 Å². The summed E-state index contributed by atoms with van der Waals surface area (Å²) in [5.74, 6) is 0.445. The number of nitrogens with zero attached hydrogens (tertiary/aromatic N) is 1. The van der Waals surface area contributed by atoms with Crippen LogP contribution in [-0.2, 0) is 9.53 Å². The van der Waals surface area contributed by atoms with Crippen molar-refractivity contribution < 1.29 is 9.53 Å². The summed E-state index contributed by atoms with van der Waals surface area (Å²) in [6.45, 7) is 5.15. The van der Waals surface area contributed by atoms with E-state index < -0.39 is 0 Å². The second kappa shape index (κ2) is 8.54. The molecule has 0 radical (unpaired) electrons. The highest BCUT2D eigenvalue weighted by atomic mass is 16.5. The van der Waals surface area contributed by atoms with Crippen LogP contribution in [0.4, 0.5) is 0 Å². The molecular formula is C15H30N2O2. The predicted molar refractivity (Wildman–Crippen MR) is 77.9 cm³/mol. The zero-order valence-electron chi connectivity index (χ0n) is 12.7. The van der Waals surface area contributed by atoms with Crippen LogP contribution in [0.2, 0.25) is 0 Å². The maximum Gasteiger partial charge on any atom is 0.323 e. The molecule has 1 aliphatic rings. The van der Waals surface area contributed by atoms with Gasteiger partial charge in [0.2, 0.25) is 0 Å². The second-order valence-corrected chi connectivity index (χ2v) is 5.57. The maximum absolute atomic E-state index is 12.1. The number of carbonyl (C=O) groups excluding carboxylic acids is 1. The summed E-state index contributed by atoms with van der Waals surface area (Å²) in [5.41, 5.74) is 5.90. The van der Waals surface area contributed by atoms with Crippen molar-refractivity contribution in [3.63, 3.8) is 0 Å². The number of nitrogens with two attached hydrogens (primary N) is 1. The van der Waals surface area contributed by atoms with E-state index >= 15 is 0 Å². The molecule has 1 saturated carbocycles. The molecule has 0 heterocycles. The fourth-order valence-corrected chi connectivity index (χ4v) is 3.23. The van der Waals surface area contributed by atoms with Crippen molar-refractivity contribution in [1.82, 2.24) is 4.90 Å². The van der Waals surface area contributed by atoms with Crippen molar-refractivity contribution >= 4 is 5.97 Å². The first-order chi connectivity index (χ1) is 9.15. The minimum Gasteiger partial charge on any atom is -0.465 e. The van der Waals surface area contributed by atoms with Gasteiger partial charge in [-0.05, 0) is 45.7 Å². The predicted octanol–water partition coefficient (Wildman–Crippen LogP) is 2.17. The largest absolute Gasteiger partial charge is 0.465 e. The molecule has 0 aromatic rings. The Morgan fingerprint density at radius 1 is 1.37 bits per heavy atom. The molecule has 3 atom stereocenters. The summed E-state index contributed by atoms with van der Waals surface area (Å²) in [4.78, 5) is 14.4. The molecule has 0 aromatic carbocycles. The Morgan fingerprint density at radius 2 is 2.05 bits per heavy atom. The molecule has 0 spiro atoms. The topological polar surface area (TPSA) is 55.6 Å². The molecule has 1 fully saturated rings. The van der Waals surface area contributed by atoms with Crippen LogP contribution in [0.3, 0.4) is 0 Å². The summed E-state index contributed by atoms with van der Waals surface area (Å²) >= 11 is 0. The lowest BCUT2D eigenvalue weighted by Crippen LogP contribution is -2.51. The molecule has 3 unspecified atom stereocenters. The molecule has 112 valence electrons. The van der Waals surface area contributed by atoms with Crippen molar-refractivity contribution in [3.05, 3.63) is 0 Å². The molecule has 2 N–H and O–H groups in total. The van der Waals surface area contributed by atoms with Crippen LogP contribution in [0.5, 0.6) is 0 Å². The lowest BCUT2D eigenvalue weighted by Gasteiger charge is -2.40. The van der Waals surface area contributed by atoms with Gasteiger partial charge in [-0.1, -0.05) is 26.2 Å². The Labute approximate surface area is 117 Å². The van der Waals surface area contributed by atoms with E-state index in [-0.39, 0.29) is 12.0 Å². The molecule has 1 aliphatic carbocycles. The molecule has 4 heteroatoms. The molecular weight excluding hydrogens is 240 g/mol. The van der Waals surface area contributed by atoms with Gasteiger partial charge < -0.3 is 10.5 Å². The first-order valence-electron chi connectivity index (χ1n) is 7.74. The number of rotatable bonds is 7. The average molecular weight is 270 g/mol. The van der Waals surface area contributed by atoms with Crippen molar-refractivity contribution in [2.75, 3.05) is 20.2 Å². The van der Waals surface area contributed by atoms with Crippen LogP contribution in [-0.4, -0.2) is 43.2 Å². The van der Waals surface area contributed by atoms with Gasteiger partial charge in [-0.15, -0.1) is 0 Å². The van der Waals surface area contributed by atoms with Gasteiger partial charge in [-0.25, -0.2) is 0 Å². The maximum atomic E-state index is 12.1. The van der Waals surface area contributed by atoms with Gasteiger partial charge in [0.15, 0.2) is 0 Å². The normalized spacial score (nSPS) is 25.3. The minimum absolute atomic E-state index is 0.0757. The average Bonchev–Trinajstić information content (AvgIpc) is 2.44. The van der Waals surface area contributed by atoms with Crippen LogP contribution in [0.25, 0.3) is 0 Å². The van der Waals surface area contributed by atoms with Crippen LogP contribution in [0.15, 0.2) is 0 Å². The third-order valence-corrected chi connectivity index (χ3v) is 4.31. The summed E-state index contributed by atoms with van der Waals surface area (Å²) in [5, 5.41) is 0. The number of ether oxygens (including phenoxy) is 1. The van der Waals surface area contributed by atoms with E-state index in [9.17, 15) is 4.79 Å². The van der Waals surface area contributed by atoms with E-state index in [1.807, 2.05) is 6.92 Å². The van der Waals surface area contributed by atoms with Gasteiger partial charge in [0.05, 0.1) is 6.61 Å². The van der Waals surface area contributed by atoms with Gasteiger partial charge >= 0.3 is 5.97 Å².